The van der Waals surface area contributed by atoms with Crippen molar-refractivity contribution in [3.63, 3.8) is 0 Å². The van der Waals surface area contributed by atoms with Crippen LogP contribution in [0.3, 0.4) is 0 Å². The molecule has 1 heterocycles. The van der Waals surface area contributed by atoms with Gasteiger partial charge in [-0.15, -0.1) is 0 Å². The molecule has 0 radical (unpaired) electrons. The van der Waals surface area contributed by atoms with Gasteiger partial charge < -0.3 is 35.1 Å². The minimum atomic E-state index is -0.748. The number of carbonyl (C=O) groups is 1. The zero-order valence-electron chi connectivity index (χ0n) is 18.6. The van der Waals surface area contributed by atoms with E-state index in [4.69, 9.17) is 31.5 Å². The van der Waals surface area contributed by atoms with Gasteiger partial charge in [-0.1, -0.05) is 11.6 Å². The van der Waals surface area contributed by atoms with Crippen molar-refractivity contribution in [3.05, 3.63) is 58.0 Å². The molecule has 2 N–H and O–H groups in total. The molecule has 180 valence electrons. The third-order valence-electron chi connectivity index (χ3n) is 5.66. The van der Waals surface area contributed by atoms with Crippen molar-refractivity contribution in [2.45, 2.75) is 25.0 Å². The van der Waals surface area contributed by atoms with Crippen molar-refractivity contribution in [2.75, 3.05) is 46.2 Å². The average Bonchev–Trinajstić information content (AvgIpc) is 2.83. The lowest BCUT2D eigenvalue weighted by Gasteiger charge is -2.46. The molecule has 0 saturated carbocycles. The molecule has 2 aromatic carbocycles. The first kappa shape index (κ1) is 25.0. The molecule has 0 aliphatic carbocycles. The molecule has 33 heavy (non-hydrogen) atoms. The number of halogens is 2. The lowest BCUT2D eigenvalue weighted by atomic mass is 10.00. The standard InChI is InChI=1S/C23H28ClFN3O5/c1-31-21-13-19(26)18(24)12-17(21)23(29)28(30)20-8-10-27(14-22(20)32-2)9-3-11-33-16-6-4-15(25)5-7-16/h4-7,12-13,20,22H,3,8-11,14,26H2,1-2H3/q-1/t20-,22+/m1/s1. The zero-order valence-corrected chi connectivity index (χ0v) is 19.4. The van der Waals surface area contributed by atoms with Gasteiger partial charge in [-0.05, 0) is 43.2 Å². The summed E-state index contributed by atoms with van der Waals surface area (Å²) in [6, 6.07) is 8.01. The number of hydrogen-bond donors (Lipinski definition) is 1. The highest BCUT2D eigenvalue weighted by molar-refractivity contribution is 6.33. The Bertz CT molecular complexity index is 946. The molecule has 2 aromatic rings. The monoisotopic (exact) mass is 480 g/mol. The quantitative estimate of drug-likeness (QED) is 0.332. The normalized spacial score (nSPS) is 18.7. The number of hydrogen-bond acceptors (Lipinski definition) is 7. The van der Waals surface area contributed by atoms with E-state index in [2.05, 4.69) is 4.90 Å². The second-order valence-electron chi connectivity index (χ2n) is 7.79. The van der Waals surface area contributed by atoms with E-state index in [0.29, 0.717) is 36.9 Å². The minimum absolute atomic E-state index is 0.0573. The van der Waals surface area contributed by atoms with Gasteiger partial charge in [-0.2, -0.15) is 0 Å². The van der Waals surface area contributed by atoms with Gasteiger partial charge in [-0.25, -0.2) is 4.39 Å². The topological polar surface area (TPSA) is 100 Å². The van der Waals surface area contributed by atoms with Crippen molar-refractivity contribution in [2.24, 2.45) is 0 Å². The SMILES string of the molecule is COc1cc(N)c(Cl)cc1C(=O)N([O-])[C@@H]1CCN(CCCOc2ccc(F)cc2)C[C@@H]1OC. The van der Waals surface area contributed by atoms with Crippen LogP contribution in [0, 0.1) is 11.0 Å². The largest absolute Gasteiger partial charge is 0.756 e. The summed E-state index contributed by atoms with van der Waals surface area (Å²) in [6.07, 6.45) is 0.755. The van der Waals surface area contributed by atoms with Crippen molar-refractivity contribution in [1.29, 1.82) is 0 Å². The van der Waals surface area contributed by atoms with Gasteiger partial charge in [0, 0.05) is 38.9 Å². The van der Waals surface area contributed by atoms with Crippen LogP contribution in [0.4, 0.5) is 10.1 Å². The van der Waals surface area contributed by atoms with E-state index >= 15 is 0 Å². The fourth-order valence-electron chi connectivity index (χ4n) is 3.85. The van der Waals surface area contributed by atoms with Crippen LogP contribution in [0.25, 0.3) is 0 Å². The Morgan fingerprint density at radius 1 is 1.30 bits per heavy atom. The molecule has 0 bridgehead atoms. The van der Waals surface area contributed by atoms with Gasteiger partial charge in [0.2, 0.25) is 5.91 Å². The number of rotatable bonds is 9. The summed E-state index contributed by atoms with van der Waals surface area (Å²) < 4.78 is 29.3. The molecule has 0 unspecified atom stereocenters. The van der Waals surface area contributed by atoms with E-state index in [0.717, 1.165) is 13.0 Å². The first-order valence-electron chi connectivity index (χ1n) is 10.6. The van der Waals surface area contributed by atoms with Crippen LogP contribution in [0.1, 0.15) is 23.2 Å². The second-order valence-corrected chi connectivity index (χ2v) is 8.20. The van der Waals surface area contributed by atoms with Crippen LogP contribution >= 0.6 is 11.6 Å². The Morgan fingerprint density at radius 3 is 2.70 bits per heavy atom. The third-order valence-corrected chi connectivity index (χ3v) is 5.99. The molecule has 8 nitrogen and oxygen atoms in total. The summed E-state index contributed by atoms with van der Waals surface area (Å²) in [5.74, 6) is -0.250. The molecule has 1 aliphatic heterocycles. The Hall–Kier alpha value is -2.59. The van der Waals surface area contributed by atoms with E-state index in [1.54, 1.807) is 12.1 Å². The predicted molar refractivity (Wildman–Crippen MR) is 124 cm³/mol. The lowest BCUT2D eigenvalue weighted by Crippen LogP contribution is -2.55. The summed E-state index contributed by atoms with van der Waals surface area (Å²) in [5, 5.41) is 13.6. The third kappa shape index (κ3) is 6.26. The summed E-state index contributed by atoms with van der Waals surface area (Å²) in [6.45, 7) is 2.35. The van der Waals surface area contributed by atoms with Gasteiger partial charge >= 0.3 is 0 Å². The minimum Gasteiger partial charge on any atom is -0.756 e. The number of hydroxylamine groups is 2. The van der Waals surface area contributed by atoms with Crippen molar-refractivity contribution in [1.82, 2.24) is 9.96 Å². The van der Waals surface area contributed by atoms with Gasteiger partial charge in [0.1, 0.15) is 17.3 Å². The molecule has 1 amide bonds. The van der Waals surface area contributed by atoms with Gasteiger partial charge in [0.05, 0.1) is 36.1 Å². The first-order valence-corrected chi connectivity index (χ1v) is 11.0. The molecular formula is C23H28ClFN3O5-. The number of nitrogens with zero attached hydrogens (tertiary/aromatic N) is 2. The Balaban J connectivity index is 1.55. The van der Waals surface area contributed by atoms with Crippen LogP contribution in [0.15, 0.2) is 36.4 Å². The fraction of sp³-hybridized carbons (Fsp3) is 0.435. The highest BCUT2D eigenvalue weighted by Gasteiger charge is 2.33. The number of methoxy groups -OCH3 is 2. The molecule has 1 aliphatic rings. The molecule has 0 aromatic heterocycles. The number of anilines is 1. The highest BCUT2D eigenvalue weighted by atomic mass is 35.5. The highest BCUT2D eigenvalue weighted by Crippen LogP contribution is 2.31. The Morgan fingerprint density at radius 2 is 2.03 bits per heavy atom. The molecule has 3 rings (SSSR count). The second kappa shape index (κ2) is 11.5. The van der Waals surface area contributed by atoms with Gasteiger partial charge in [-0.3, -0.25) is 4.79 Å². The van der Waals surface area contributed by atoms with Gasteiger partial charge in [0.25, 0.3) is 0 Å². The van der Waals surface area contributed by atoms with Crippen LogP contribution in [-0.4, -0.2) is 68.5 Å². The number of ether oxygens (including phenoxy) is 3. The lowest BCUT2D eigenvalue weighted by molar-refractivity contribution is -0.0213. The number of nitrogens with two attached hydrogens (primary N) is 1. The van der Waals surface area contributed by atoms with E-state index < -0.39 is 18.1 Å². The Labute approximate surface area is 197 Å². The zero-order chi connectivity index (χ0) is 24.0. The molecule has 0 spiro atoms. The van der Waals surface area contributed by atoms with Crippen molar-refractivity contribution >= 4 is 23.2 Å². The number of piperidine rings is 1. The number of amides is 1. The summed E-state index contributed by atoms with van der Waals surface area (Å²) in [4.78, 5) is 15.1. The van der Waals surface area contributed by atoms with Gasteiger partial charge in [0.15, 0.2) is 0 Å². The fourth-order valence-corrected chi connectivity index (χ4v) is 4.02. The molecule has 1 fully saturated rings. The summed E-state index contributed by atoms with van der Waals surface area (Å²) in [5.41, 5.74) is 6.08. The maximum absolute atomic E-state index is 13.0. The average molecular weight is 481 g/mol. The Kier molecular flexibility index (Phi) is 8.74. The maximum atomic E-state index is 13.0. The van der Waals surface area contributed by atoms with Crippen molar-refractivity contribution in [3.8, 4) is 11.5 Å². The molecule has 10 heteroatoms. The maximum Gasteiger partial charge on any atom is 0.247 e. The number of nitrogen functional groups attached to an aromatic ring is 1. The van der Waals surface area contributed by atoms with E-state index in [1.165, 1.54) is 38.5 Å². The molecule has 2 atom stereocenters. The summed E-state index contributed by atoms with van der Waals surface area (Å²) >= 11 is 6.05. The van der Waals surface area contributed by atoms with Crippen molar-refractivity contribution < 1.29 is 23.4 Å². The van der Waals surface area contributed by atoms with Crippen LogP contribution in [0.5, 0.6) is 11.5 Å². The van der Waals surface area contributed by atoms with E-state index in [9.17, 15) is 14.4 Å². The summed E-state index contributed by atoms with van der Waals surface area (Å²) in [7, 11) is 2.92. The number of carbonyl (C=O) groups excluding carboxylic acids is 1. The smallest absolute Gasteiger partial charge is 0.247 e. The molecular weight excluding hydrogens is 453 g/mol. The number of likely N-dealkylation sites (tertiary alicyclic amines) is 1. The van der Waals surface area contributed by atoms with Crippen LogP contribution < -0.4 is 15.2 Å². The van der Waals surface area contributed by atoms with E-state index in [-0.39, 0.29) is 27.8 Å². The van der Waals surface area contributed by atoms with Crippen LogP contribution in [-0.2, 0) is 4.74 Å². The predicted octanol–water partition coefficient (Wildman–Crippen LogP) is 3.57. The number of benzene rings is 2. The van der Waals surface area contributed by atoms with E-state index in [1.807, 2.05) is 0 Å². The molecule has 1 saturated heterocycles. The first-order chi connectivity index (χ1) is 15.8. The van der Waals surface area contributed by atoms with Crippen LogP contribution in [0.2, 0.25) is 5.02 Å².